The Balaban J connectivity index is 1.32. The van der Waals surface area contributed by atoms with Gasteiger partial charge in [0.05, 0.1) is 17.4 Å². The van der Waals surface area contributed by atoms with Gasteiger partial charge in [-0.25, -0.2) is 4.98 Å². The smallest absolute Gasteiger partial charge is 0.245 e. The SMILES string of the molecule is C=CC(=O)N1CC2(CCN(c3nc(N4CCC5CCN(C)C5C4)nc(-c4c(C)ccc5[nH]ncc45)c3C#N)C2)C1. The summed E-state index contributed by atoms with van der Waals surface area (Å²) >= 11 is 0. The van der Waals surface area contributed by atoms with Crippen molar-refractivity contribution in [2.24, 2.45) is 11.3 Å². The number of H-pyrrole nitrogens is 1. The fraction of sp³-hybridized carbons (Fsp3) is 0.500. The molecule has 0 saturated carbocycles. The first-order chi connectivity index (χ1) is 19.4. The zero-order valence-electron chi connectivity index (χ0n) is 23.2. The Kier molecular flexibility index (Phi) is 5.82. The van der Waals surface area contributed by atoms with Crippen molar-refractivity contribution in [1.29, 1.82) is 5.26 Å². The highest BCUT2D eigenvalue weighted by atomic mass is 16.2. The number of likely N-dealkylation sites (tertiary alicyclic amines) is 2. The Bertz CT molecular complexity index is 1550. The first-order valence-corrected chi connectivity index (χ1v) is 14.3. The van der Waals surface area contributed by atoms with Gasteiger partial charge in [0.25, 0.3) is 0 Å². The van der Waals surface area contributed by atoms with Gasteiger partial charge in [0, 0.05) is 61.7 Å². The number of hydrogen-bond acceptors (Lipinski definition) is 8. The Morgan fingerprint density at radius 3 is 2.80 bits per heavy atom. The molecule has 1 spiro atoms. The summed E-state index contributed by atoms with van der Waals surface area (Å²) in [5, 5.41) is 18.9. The third-order valence-corrected chi connectivity index (χ3v) is 9.76. The average Bonchev–Trinajstić information content (AvgIpc) is 3.70. The highest BCUT2D eigenvalue weighted by Crippen LogP contribution is 2.44. The number of nitriles is 1. The van der Waals surface area contributed by atoms with Gasteiger partial charge in [-0.05, 0) is 63.4 Å². The summed E-state index contributed by atoms with van der Waals surface area (Å²) in [4.78, 5) is 31.3. The van der Waals surface area contributed by atoms with Crippen molar-refractivity contribution in [3.8, 4) is 17.3 Å². The molecule has 0 bridgehead atoms. The van der Waals surface area contributed by atoms with Crippen molar-refractivity contribution in [1.82, 2.24) is 30.0 Å². The van der Waals surface area contributed by atoms with Crippen LogP contribution in [0.25, 0.3) is 22.2 Å². The zero-order chi connectivity index (χ0) is 27.6. The number of anilines is 2. The molecule has 4 saturated heterocycles. The number of aryl methyl sites for hydroxylation is 1. The molecule has 1 aromatic carbocycles. The number of nitrogens with zero attached hydrogens (tertiary/aromatic N) is 8. The Hall–Kier alpha value is -3.97. The number of hydrogen-bond donors (Lipinski definition) is 1. The molecule has 2 aromatic heterocycles. The number of benzene rings is 1. The molecule has 7 rings (SSSR count). The second kappa shape index (κ2) is 9.30. The van der Waals surface area contributed by atoms with Gasteiger partial charge in [-0.2, -0.15) is 15.3 Å². The lowest BCUT2D eigenvalue weighted by molar-refractivity contribution is -0.136. The van der Waals surface area contributed by atoms with E-state index in [0.717, 1.165) is 86.6 Å². The van der Waals surface area contributed by atoms with Gasteiger partial charge in [-0.15, -0.1) is 0 Å². The Morgan fingerprint density at radius 1 is 1.18 bits per heavy atom. The summed E-state index contributed by atoms with van der Waals surface area (Å²) in [5.41, 5.74) is 4.10. The molecule has 6 heterocycles. The molecule has 3 aromatic rings. The van der Waals surface area contributed by atoms with Crippen molar-refractivity contribution >= 4 is 28.6 Å². The van der Waals surface area contributed by atoms with Crippen molar-refractivity contribution in [3.05, 3.63) is 42.1 Å². The molecule has 40 heavy (non-hydrogen) atoms. The summed E-state index contributed by atoms with van der Waals surface area (Å²) in [7, 11) is 2.22. The van der Waals surface area contributed by atoms with Crippen molar-refractivity contribution in [2.45, 2.75) is 32.2 Å². The standard InChI is InChI=1S/C30H35N9O/c1-4-25(40)39-17-30(18-39)9-12-38(16-30)28-21(13-31)27(26-19(2)5-6-23-22(26)14-32-35-23)33-29(34-28)37-11-8-20-7-10-36(3)24(20)15-37/h4-6,14,20,24H,1,7-12,15-18H2,2-3H3,(H,32,35). The van der Waals surface area contributed by atoms with E-state index in [4.69, 9.17) is 9.97 Å². The molecular weight excluding hydrogens is 502 g/mol. The number of amides is 1. The monoisotopic (exact) mass is 537 g/mol. The fourth-order valence-electron chi connectivity index (χ4n) is 7.49. The molecule has 4 aliphatic heterocycles. The minimum Gasteiger partial charge on any atom is -0.355 e. The van der Waals surface area contributed by atoms with E-state index in [9.17, 15) is 10.1 Å². The molecule has 2 unspecified atom stereocenters. The number of aromatic amines is 1. The van der Waals surface area contributed by atoms with Crippen LogP contribution in [-0.2, 0) is 4.79 Å². The normalized spacial score (nSPS) is 23.9. The fourth-order valence-corrected chi connectivity index (χ4v) is 7.49. The van der Waals surface area contributed by atoms with Crippen LogP contribution in [0.2, 0.25) is 0 Å². The highest BCUT2D eigenvalue weighted by Gasteiger charge is 2.49. The number of nitrogens with one attached hydrogen (secondary N) is 1. The van der Waals surface area contributed by atoms with Gasteiger partial charge in [0.2, 0.25) is 11.9 Å². The summed E-state index contributed by atoms with van der Waals surface area (Å²) in [6, 6.07) is 7.07. The van der Waals surface area contributed by atoms with Gasteiger partial charge < -0.3 is 19.6 Å². The highest BCUT2D eigenvalue weighted by molar-refractivity contribution is 5.97. The molecule has 1 amide bonds. The van der Waals surface area contributed by atoms with E-state index >= 15 is 0 Å². The van der Waals surface area contributed by atoms with Gasteiger partial charge >= 0.3 is 0 Å². The number of carbonyl (C=O) groups excluding carboxylic acids is 1. The van der Waals surface area contributed by atoms with Gasteiger partial charge in [0.15, 0.2) is 5.82 Å². The molecule has 4 aliphatic rings. The minimum absolute atomic E-state index is 0.0163. The molecule has 10 heteroatoms. The van der Waals surface area contributed by atoms with E-state index < -0.39 is 0 Å². The summed E-state index contributed by atoms with van der Waals surface area (Å²) in [5.74, 6) is 2.10. The lowest BCUT2D eigenvalue weighted by Gasteiger charge is -2.47. The molecule has 1 N–H and O–H groups in total. The predicted molar refractivity (Wildman–Crippen MR) is 154 cm³/mol. The lowest BCUT2D eigenvalue weighted by atomic mass is 9.79. The third-order valence-electron chi connectivity index (χ3n) is 9.76. The summed E-state index contributed by atoms with van der Waals surface area (Å²) in [6.07, 6.45) is 6.55. The maximum absolute atomic E-state index is 12.1. The van der Waals surface area contributed by atoms with Crippen LogP contribution in [0.15, 0.2) is 31.0 Å². The van der Waals surface area contributed by atoms with Crippen LogP contribution in [-0.4, -0.2) is 94.8 Å². The second-order valence-electron chi connectivity index (χ2n) is 12.2. The van der Waals surface area contributed by atoms with Crippen molar-refractivity contribution < 1.29 is 4.79 Å². The maximum atomic E-state index is 12.1. The van der Waals surface area contributed by atoms with Crippen LogP contribution >= 0.6 is 0 Å². The van der Waals surface area contributed by atoms with Gasteiger partial charge in [-0.1, -0.05) is 12.6 Å². The number of piperidine rings is 1. The van der Waals surface area contributed by atoms with E-state index in [0.29, 0.717) is 29.1 Å². The maximum Gasteiger partial charge on any atom is 0.245 e. The first-order valence-electron chi connectivity index (χ1n) is 14.3. The van der Waals surface area contributed by atoms with Crippen LogP contribution in [0.4, 0.5) is 11.8 Å². The topological polar surface area (TPSA) is 108 Å². The minimum atomic E-state index is -0.0163. The first kappa shape index (κ1) is 25.0. The van der Waals surface area contributed by atoms with E-state index in [1.54, 1.807) is 0 Å². The molecule has 0 aliphatic carbocycles. The van der Waals surface area contributed by atoms with Crippen LogP contribution in [0.5, 0.6) is 0 Å². The van der Waals surface area contributed by atoms with E-state index in [1.807, 2.05) is 17.2 Å². The average molecular weight is 538 g/mol. The van der Waals surface area contributed by atoms with Crippen LogP contribution < -0.4 is 9.80 Å². The Labute approximate surface area is 234 Å². The van der Waals surface area contributed by atoms with Crippen molar-refractivity contribution in [2.75, 3.05) is 62.7 Å². The van der Waals surface area contributed by atoms with Crippen LogP contribution in [0.1, 0.15) is 30.4 Å². The number of carbonyl (C=O) groups is 1. The van der Waals surface area contributed by atoms with Gasteiger partial charge in [0.1, 0.15) is 11.6 Å². The largest absolute Gasteiger partial charge is 0.355 e. The third kappa shape index (κ3) is 3.86. The molecule has 206 valence electrons. The molecule has 0 radical (unpaired) electrons. The molecule has 4 fully saturated rings. The molecule has 10 nitrogen and oxygen atoms in total. The van der Waals surface area contributed by atoms with Crippen LogP contribution in [0, 0.1) is 29.6 Å². The lowest BCUT2D eigenvalue weighted by Crippen LogP contribution is -2.59. The predicted octanol–water partition coefficient (Wildman–Crippen LogP) is 2.96. The van der Waals surface area contributed by atoms with Crippen molar-refractivity contribution in [3.63, 3.8) is 0 Å². The number of fused-ring (bicyclic) bond motifs is 2. The van der Waals surface area contributed by atoms with E-state index in [2.05, 4.69) is 57.6 Å². The number of aromatic nitrogens is 4. The van der Waals surface area contributed by atoms with E-state index in [-0.39, 0.29) is 11.3 Å². The Morgan fingerprint density at radius 2 is 2.00 bits per heavy atom. The molecular formula is C30H35N9O. The number of likely N-dealkylation sites (N-methyl/N-ethyl adjacent to an activating group) is 1. The number of rotatable bonds is 4. The summed E-state index contributed by atoms with van der Waals surface area (Å²) in [6.45, 7) is 11.6. The zero-order valence-corrected chi connectivity index (χ0v) is 23.2. The quantitative estimate of drug-likeness (QED) is 0.506. The second-order valence-corrected chi connectivity index (χ2v) is 12.2. The van der Waals surface area contributed by atoms with Gasteiger partial charge in [-0.3, -0.25) is 9.89 Å². The molecule has 2 atom stereocenters. The summed E-state index contributed by atoms with van der Waals surface area (Å²) < 4.78 is 0. The van der Waals surface area contributed by atoms with E-state index in [1.165, 1.54) is 12.5 Å². The van der Waals surface area contributed by atoms with Crippen LogP contribution in [0.3, 0.4) is 0 Å².